The Morgan fingerprint density at radius 2 is 2.00 bits per heavy atom. The summed E-state index contributed by atoms with van der Waals surface area (Å²) >= 11 is 0. The summed E-state index contributed by atoms with van der Waals surface area (Å²) in [5.41, 5.74) is 5.16. The highest BCUT2D eigenvalue weighted by atomic mass is 19.4. The van der Waals surface area contributed by atoms with Crippen LogP contribution in [-0.2, 0) is 4.74 Å². The Labute approximate surface area is 57.1 Å². The molecule has 5 heteroatoms. The van der Waals surface area contributed by atoms with Crippen molar-refractivity contribution >= 4 is 0 Å². The highest BCUT2D eigenvalue weighted by Gasteiger charge is 2.29. The summed E-state index contributed by atoms with van der Waals surface area (Å²) in [6.45, 7) is 1.24. The molecule has 0 bridgehead atoms. The van der Waals surface area contributed by atoms with Gasteiger partial charge in [-0.2, -0.15) is 0 Å². The van der Waals surface area contributed by atoms with Gasteiger partial charge in [-0.1, -0.05) is 6.92 Å². The maximum atomic E-state index is 11.3. The van der Waals surface area contributed by atoms with Crippen molar-refractivity contribution in [2.24, 2.45) is 5.73 Å². The largest absolute Gasteiger partial charge is 0.522 e. The average Bonchev–Trinajstić information content (AvgIpc) is 1.81. The van der Waals surface area contributed by atoms with E-state index in [4.69, 9.17) is 5.73 Å². The molecule has 0 aromatic rings. The molecule has 0 saturated heterocycles. The topological polar surface area (TPSA) is 35.2 Å². The lowest BCUT2D eigenvalue weighted by Crippen LogP contribution is -2.29. The molecule has 2 N–H and O–H groups in total. The van der Waals surface area contributed by atoms with E-state index in [1.807, 2.05) is 0 Å². The predicted octanol–water partition coefficient (Wildman–Crippen LogP) is 1.26. The van der Waals surface area contributed by atoms with Crippen LogP contribution in [0.15, 0.2) is 0 Å². The van der Waals surface area contributed by atoms with Crippen molar-refractivity contribution in [1.82, 2.24) is 0 Å². The molecule has 0 rings (SSSR count). The number of rotatable bonds is 3. The summed E-state index contributed by atoms with van der Waals surface area (Å²) in [4.78, 5) is 0. The lowest BCUT2D eigenvalue weighted by Gasteiger charge is -2.10. The Morgan fingerprint density at radius 1 is 1.50 bits per heavy atom. The van der Waals surface area contributed by atoms with E-state index in [2.05, 4.69) is 4.74 Å². The second-order valence-electron chi connectivity index (χ2n) is 1.93. The van der Waals surface area contributed by atoms with Crippen LogP contribution in [0, 0.1) is 0 Å². The van der Waals surface area contributed by atoms with E-state index in [-0.39, 0.29) is 0 Å². The van der Waals surface area contributed by atoms with Gasteiger partial charge in [0, 0.05) is 6.04 Å². The molecule has 0 fully saturated rings. The molecular weight excluding hydrogens is 147 g/mol. The summed E-state index contributed by atoms with van der Waals surface area (Å²) in [7, 11) is 0. The fourth-order valence-electron chi connectivity index (χ4n) is 0.319. The number of alkyl halides is 3. The van der Waals surface area contributed by atoms with Crippen LogP contribution < -0.4 is 5.73 Å². The molecule has 0 aromatic heterocycles. The van der Waals surface area contributed by atoms with Crippen molar-refractivity contribution in [3.05, 3.63) is 0 Å². The molecule has 2 nitrogen and oxygen atoms in total. The van der Waals surface area contributed by atoms with Crippen LogP contribution in [0.25, 0.3) is 0 Å². The molecule has 1 atom stereocenters. The summed E-state index contributed by atoms with van der Waals surface area (Å²) in [6, 6.07) is -0.526. The number of ether oxygens (including phenoxy) is 1. The second-order valence-corrected chi connectivity index (χ2v) is 1.93. The fourth-order valence-corrected chi connectivity index (χ4v) is 0.319. The first kappa shape index (κ1) is 9.71. The third kappa shape index (κ3) is 5.84. The van der Waals surface area contributed by atoms with E-state index in [1.54, 1.807) is 6.92 Å². The van der Waals surface area contributed by atoms with Gasteiger partial charge in [0.2, 0.25) is 0 Å². The summed E-state index contributed by atoms with van der Waals surface area (Å²) in [5.74, 6) is 0. The van der Waals surface area contributed by atoms with Crippen LogP contribution >= 0.6 is 0 Å². The quantitative estimate of drug-likeness (QED) is 0.669. The van der Waals surface area contributed by atoms with Crippen LogP contribution in [0.5, 0.6) is 0 Å². The maximum Gasteiger partial charge on any atom is 0.522 e. The number of hydrogen-bond donors (Lipinski definition) is 1. The van der Waals surface area contributed by atoms with Crippen molar-refractivity contribution < 1.29 is 17.9 Å². The van der Waals surface area contributed by atoms with Gasteiger partial charge in [0.1, 0.15) is 0 Å². The number of nitrogens with two attached hydrogens (primary N) is 1. The van der Waals surface area contributed by atoms with E-state index in [0.717, 1.165) is 0 Å². The summed E-state index contributed by atoms with van der Waals surface area (Å²) in [6.07, 6.45) is -4.07. The van der Waals surface area contributed by atoms with E-state index >= 15 is 0 Å². The molecule has 0 aliphatic carbocycles. The lowest BCUT2D eigenvalue weighted by atomic mass is 10.3. The summed E-state index contributed by atoms with van der Waals surface area (Å²) < 4.78 is 37.3. The Kier molecular flexibility index (Phi) is 3.67. The molecule has 62 valence electrons. The molecular formula is C5H10F3NO. The van der Waals surface area contributed by atoms with Gasteiger partial charge >= 0.3 is 6.36 Å². The fraction of sp³-hybridized carbons (Fsp3) is 1.00. The van der Waals surface area contributed by atoms with Crippen molar-refractivity contribution in [1.29, 1.82) is 0 Å². The highest BCUT2D eigenvalue weighted by molar-refractivity contribution is 4.55. The number of hydrogen-bond acceptors (Lipinski definition) is 2. The van der Waals surface area contributed by atoms with Gasteiger partial charge in [-0.25, -0.2) is 0 Å². The highest BCUT2D eigenvalue weighted by Crippen LogP contribution is 2.16. The number of halogens is 3. The third-order valence-electron chi connectivity index (χ3n) is 0.985. The maximum absolute atomic E-state index is 11.3. The lowest BCUT2D eigenvalue weighted by molar-refractivity contribution is -0.325. The third-order valence-corrected chi connectivity index (χ3v) is 0.985. The first-order valence-electron chi connectivity index (χ1n) is 2.92. The van der Waals surface area contributed by atoms with Gasteiger partial charge in [-0.15, -0.1) is 13.2 Å². The molecule has 0 aromatic carbocycles. The van der Waals surface area contributed by atoms with Crippen LogP contribution in [0.1, 0.15) is 13.3 Å². The van der Waals surface area contributed by atoms with Gasteiger partial charge in [-0.05, 0) is 6.42 Å². The molecule has 0 aliphatic rings. The minimum atomic E-state index is -4.55. The second kappa shape index (κ2) is 3.78. The predicted molar refractivity (Wildman–Crippen MR) is 30.3 cm³/mol. The SMILES string of the molecule is CC[C@@H](N)COC(F)(F)F. The smallest absolute Gasteiger partial charge is 0.326 e. The molecule has 0 amide bonds. The molecule has 0 heterocycles. The first-order valence-corrected chi connectivity index (χ1v) is 2.92. The van der Waals surface area contributed by atoms with E-state index in [1.165, 1.54) is 0 Å². The van der Waals surface area contributed by atoms with Gasteiger partial charge in [0.15, 0.2) is 0 Å². The minimum Gasteiger partial charge on any atom is -0.326 e. The van der Waals surface area contributed by atoms with Gasteiger partial charge < -0.3 is 5.73 Å². The first-order chi connectivity index (χ1) is 4.45. The van der Waals surface area contributed by atoms with E-state index < -0.39 is 19.0 Å². The van der Waals surface area contributed by atoms with Gasteiger partial charge in [0.05, 0.1) is 6.61 Å². The molecule has 0 radical (unpaired) electrons. The van der Waals surface area contributed by atoms with Gasteiger partial charge in [-0.3, -0.25) is 4.74 Å². The standard InChI is InChI=1S/C5H10F3NO/c1-2-4(9)3-10-5(6,7)8/h4H,2-3,9H2,1H3/t4-/m1/s1. The molecule has 0 spiro atoms. The van der Waals surface area contributed by atoms with Crippen molar-refractivity contribution in [3.63, 3.8) is 0 Å². The minimum absolute atomic E-state index is 0.458. The van der Waals surface area contributed by atoms with Crippen molar-refractivity contribution in [2.75, 3.05) is 6.61 Å². The van der Waals surface area contributed by atoms with Crippen LogP contribution in [0.3, 0.4) is 0 Å². The van der Waals surface area contributed by atoms with Crippen molar-refractivity contribution in [2.45, 2.75) is 25.7 Å². The van der Waals surface area contributed by atoms with E-state index in [0.29, 0.717) is 6.42 Å². The molecule has 0 aliphatic heterocycles. The Bertz CT molecular complexity index is 93.4. The molecule has 10 heavy (non-hydrogen) atoms. The van der Waals surface area contributed by atoms with Crippen LogP contribution in [0.2, 0.25) is 0 Å². The van der Waals surface area contributed by atoms with Crippen molar-refractivity contribution in [3.8, 4) is 0 Å². The molecule has 0 unspecified atom stereocenters. The van der Waals surface area contributed by atoms with Crippen LogP contribution in [-0.4, -0.2) is 19.0 Å². The Balaban J connectivity index is 3.36. The van der Waals surface area contributed by atoms with E-state index in [9.17, 15) is 13.2 Å². The summed E-state index contributed by atoms with van der Waals surface area (Å²) in [5, 5.41) is 0. The Hall–Kier alpha value is -0.290. The van der Waals surface area contributed by atoms with Crippen LogP contribution in [0.4, 0.5) is 13.2 Å². The average molecular weight is 157 g/mol. The zero-order chi connectivity index (χ0) is 8.20. The Morgan fingerprint density at radius 3 is 2.30 bits per heavy atom. The monoisotopic (exact) mass is 157 g/mol. The zero-order valence-electron chi connectivity index (χ0n) is 5.61. The molecule has 0 saturated carbocycles. The zero-order valence-corrected chi connectivity index (χ0v) is 5.61. The van der Waals surface area contributed by atoms with Gasteiger partial charge in [0.25, 0.3) is 0 Å². The normalized spacial score (nSPS) is 15.3.